The molecule has 1 heterocycles. The summed E-state index contributed by atoms with van der Waals surface area (Å²) in [6.45, 7) is 5.89. The van der Waals surface area contributed by atoms with E-state index in [9.17, 15) is 0 Å². The number of rotatable bonds is 4. The molecule has 0 radical (unpaired) electrons. The van der Waals surface area contributed by atoms with Gasteiger partial charge in [-0.25, -0.2) is 0 Å². The van der Waals surface area contributed by atoms with Crippen molar-refractivity contribution in [1.82, 2.24) is 4.90 Å². The van der Waals surface area contributed by atoms with Crippen LogP contribution >= 0.6 is 0 Å². The predicted molar refractivity (Wildman–Crippen MR) is 51.3 cm³/mol. The molecule has 74 valence electrons. The monoisotopic (exact) mass is 182 g/mol. The largest absolute Gasteiger partial charge is 0.381 e. The fourth-order valence-electron chi connectivity index (χ4n) is 1.84. The molecule has 1 saturated heterocycles. The average molecular weight is 182 g/mol. The first-order chi connectivity index (χ1) is 6.38. The number of nitriles is 1. The van der Waals surface area contributed by atoms with Crippen LogP contribution in [0.5, 0.6) is 0 Å². The van der Waals surface area contributed by atoms with Gasteiger partial charge < -0.3 is 4.74 Å². The van der Waals surface area contributed by atoms with E-state index in [1.165, 1.54) is 0 Å². The highest BCUT2D eigenvalue weighted by Crippen LogP contribution is 2.14. The van der Waals surface area contributed by atoms with Crippen LogP contribution < -0.4 is 0 Å². The van der Waals surface area contributed by atoms with Crippen molar-refractivity contribution in [2.24, 2.45) is 0 Å². The van der Waals surface area contributed by atoms with Crippen LogP contribution in [0.25, 0.3) is 0 Å². The number of nitrogens with zero attached hydrogens (tertiary/aromatic N) is 2. The second-order valence-corrected chi connectivity index (χ2v) is 3.38. The lowest BCUT2D eigenvalue weighted by molar-refractivity contribution is 0.0366. The van der Waals surface area contributed by atoms with Crippen LogP contribution in [0.15, 0.2) is 0 Å². The van der Waals surface area contributed by atoms with Crippen LogP contribution in [0.4, 0.5) is 0 Å². The summed E-state index contributed by atoms with van der Waals surface area (Å²) >= 11 is 0. The van der Waals surface area contributed by atoms with Gasteiger partial charge in [-0.05, 0) is 19.4 Å². The Morgan fingerprint density at radius 3 is 2.69 bits per heavy atom. The summed E-state index contributed by atoms with van der Waals surface area (Å²) < 4.78 is 5.31. The Kier molecular flexibility index (Phi) is 4.81. The van der Waals surface area contributed by atoms with Crippen molar-refractivity contribution in [3.63, 3.8) is 0 Å². The molecule has 1 rings (SSSR count). The third kappa shape index (κ3) is 3.33. The van der Waals surface area contributed by atoms with E-state index in [1.807, 2.05) is 0 Å². The number of ether oxygens (including phenoxy) is 1. The van der Waals surface area contributed by atoms with Crippen molar-refractivity contribution in [1.29, 1.82) is 5.26 Å². The van der Waals surface area contributed by atoms with E-state index in [0.29, 0.717) is 12.5 Å². The smallest absolute Gasteiger partial charge is 0.0635 e. The van der Waals surface area contributed by atoms with Gasteiger partial charge in [0.25, 0.3) is 0 Å². The maximum absolute atomic E-state index is 8.51. The lowest BCUT2D eigenvalue weighted by Gasteiger charge is -2.32. The molecule has 0 bridgehead atoms. The van der Waals surface area contributed by atoms with Gasteiger partial charge in [0.05, 0.1) is 6.07 Å². The molecule has 0 aliphatic carbocycles. The second kappa shape index (κ2) is 5.95. The highest BCUT2D eigenvalue weighted by Gasteiger charge is 2.19. The van der Waals surface area contributed by atoms with Gasteiger partial charge in [-0.15, -0.1) is 0 Å². The first kappa shape index (κ1) is 10.5. The Morgan fingerprint density at radius 2 is 2.15 bits per heavy atom. The molecule has 0 saturated carbocycles. The van der Waals surface area contributed by atoms with Gasteiger partial charge in [0, 0.05) is 32.2 Å². The van der Waals surface area contributed by atoms with Crippen LogP contribution in [0.1, 0.15) is 26.2 Å². The average Bonchev–Trinajstić information content (AvgIpc) is 2.21. The molecule has 0 N–H and O–H groups in total. The van der Waals surface area contributed by atoms with Crippen LogP contribution in [-0.4, -0.2) is 37.2 Å². The minimum atomic E-state index is 0.644. The normalized spacial score (nSPS) is 18.8. The summed E-state index contributed by atoms with van der Waals surface area (Å²) in [5.41, 5.74) is 0. The molecule has 0 spiro atoms. The fourth-order valence-corrected chi connectivity index (χ4v) is 1.84. The maximum Gasteiger partial charge on any atom is 0.0635 e. The van der Waals surface area contributed by atoms with E-state index in [2.05, 4.69) is 17.9 Å². The lowest BCUT2D eigenvalue weighted by Crippen LogP contribution is -2.39. The van der Waals surface area contributed by atoms with Gasteiger partial charge in [-0.2, -0.15) is 5.26 Å². The van der Waals surface area contributed by atoms with Crippen molar-refractivity contribution in [2.75, 3.05) is 26.3 Å². The molecule has 0 unspecified atom stereocenters. The van der Waals surface area contributed by atoms with Gasteiger partial charge in [-0.1, -0.05) is 6.92 Å². The lowest BCUT2D eigenvalue weighted by atomic mass is 10.1. The van der Waals surface area contributed by atoms with Crippen LogP contribution in [0.2, 0.25) is 0 Å². The van der Waals surface area contributed by atoms with E-state index in [-0.39, 0.29) is 0 Å². The maximum atomic E-state index is 8.51. The third-order valence-corrected chi connectivity index (χ3v) is 2.62. The molecular weight excluding hydrogens is 164 g/mol. The van der Waals surface area contributed by atoms with Crippen LogP contribution in [-0.2, 0) is 4.74 Å². The molecule has 1 fully saturated rings. The van der Waals surface area contributed by atoms with E-state index in [4.69, 9.17) is 10.00 Å². The quantitative estimate of drug-likeness (QED) is 0.659. The summed E-state index contributed by atoms with van der Waals surface area (Å²) in [4.78, 5) is 2.39. The molecule has 1 aliphatic rings. The van der Waals surface area contributed by atoms with Crippen molar-refractivity contribution in [3.05, 3.63) is 0 Å². The molecular formula is C10H18N2O. The minimum absolute atomic E-state index is 0.644. The summed E-state index contributed by atoms with van der Waals surface area (Å²) in [7, 11) is 0. The Labute approximate surface area is 80.3 Å². The fraction of sp³-hybridized carbons (Fsp3) is 0.900. The van der Waals surface area contributed by atoms with Gasteiger partial charge >= 0.3 is 0 Å². The number of hydrogen-bond donors (Lipinski definition) is 0. The Hall–Kier alpha value is -0.590. The van der Waals surface area contributed by atoms with E-state index in [1.54, 1.807) is 0 Å². The SMILES string of the molecule is CCN(CCC#N)C1CCOCC1. The molecule has 0 aromatic carbocycles. The van der Waals surface area contributed by atoms with E-state index in [0.717, 1.165) is 39.1 Å². The standard InChI is InChI=1S/C10H18N2O/c1-2-12(7-3-6-11)10-4-8-13-9-5-10/h10H,2-5,7-9H2,1H3. The van der Waals surface area contributed by atoms with E-state index >= 15 is 0 Å². The van der Waals surface area contributed by atoms with Crippen molar-refractivity contribution in [3.8, 4) is 6.07 Å². The van der Waals surface area contributed by atoms with Gasteiger partial charge in [-0.3, -0.25) is 4.90 Å². The zero-order chi connectivity index (χ0) is 9.52. The van der Waals surface area contributed by atoms with E-state index < -0.39 is 0 Å². The van der Waals surface area contributed by atoms with Crippen molar-refractivity contribution < 1.29 is 4.74 Å². The van der Waals surface area contributed by atoms with Gasteiger partial charge in [0.1, 0.15) is 0 Å². The highest BCUT2D eigenvalue weighted by atomic mass is 16.5. The Bertz CT molecular complexity index is 170. The highest BCUT2D eigenvalue weighted by molar-refractivity contribution is 4.78. The molecule has 13 heavy (non-hydrogen) atoms. The molecule has 0 amide bonds. The second-order valence-electron chi connectivity index (χ2n) is 3.38. The summed E-state index contributed by atoms with van der Waals surface area (Å²) in [5, 5.41) is 8.51. The number of hydrogen-bond acceptors (Lipinski definition) is 3. The molecule has 3 nitrogen and oxygen atoms in total. The van der Waals surface area contributed by atoms with Crippen LogP contribution in [0.3, 0.4) is 0 Å². The first-order valence-corrected chi connectivity index (χ1v) is 5.07. The molecule has 0 aromatic rings. The zero-order valence-corrected chi connectivity index (χ0v) is 8.33. The Morgan fingerprint density at radius 1 is 1.46 bits per heavy atom. The third-order valence-electron chi connectivity index (χ3n) is 2.62. The van der Waals surface area contributed by atoms with Gasteiger partial charge in [0.15, 0.2) is 0 Å². The zero-order valence-electron chi connectivity index (χ0n) is 8.33. The molecule has 1 aliphatic heterocycles. The summed E-state index contributed by atoms with van der Waals surface area (Å²) in [6, 6.07) is 2.84. The molecule has 3 heteroatoms. The minimum Gasteiger partial charge on any atom is -0.381 e. The summed E-state index contributed by atoms with van der Waals surface area (Å²) in [5.74, 6) is 0. The van der Waals surface area contributed by atoms with Gasteiger partial charge in [0.2, 0.25) is 0 Å². The molecule has 0 atom stereocenters. The van der Waals surface area contributed by atoms with Crippen molar-refractivity contribution >= 4 is 0 Å². The summed E-state index contributed by atoms with van der Waals surface area (Å²) in [6.07, 6.45) is 2.89. The van der Waals surface area contributed by atoms with Crippen LogP contribution in [0, 0.1) is 11.3 Å². The first-order valence-electron chi connectivity index (χ1n) is 5.07. The Balaban J connectivity index is 2.31. The molecule has 0 aromatic heterocycles. The predicted octanol–water partition coefficient (Wildman–Crippen LogP) is 1.40. The van der Waals surface area contributed by atoms with Crippen molar-refractivity contribution in [2.45, 2.75) is 32.2 Å². The topological polar surface area (TPSA) is 36.3 Å².